The lowest BCUT2D eigenvalue weighted by atomic mass is 9.81. The molecule has 1 aliphatic rings. The van der Waals surface area contributed by atoms with Crippen molar-refractivity contribution >= 4 is 32.6 Å². The summed E-state index contributed by atoms with van der Waals surface area (Å²) in [4.78, 5) is 4.80. The van der Waals surface area contributed by atoms with E-state index in [4.69, 9.17) is 9.40 Å². The lowest BCUT2D eigenvalue weighted by molar-refractivity contribution is 0.623. The highest BCUT2D eigenvalue weighted by Gasteiger charge is 2.35. The van der Waals surface area contributed by atoms with Crippen molar-refractivity contribution in [3.8, 4) is 33.7 Å². The molecule has 1 heterocycles. The number of nitrogens with zero attached hydrogens (tertiary/aromatic N) is 1. The molecule has 0 saturated carbocycles. The molecule has 0 amide bonds. The maximum atomic E-state index is 6.38. The summed E-state index contributed by atoms with van der Waals surface area (Å²) in [5, 5.41) is 4.65. The van der Waals surface area contributed by atoms with Crippen molar-refractivity contribution in [1.82, 2.24) is 4.98 Å². The smallest absolute Gasteiger partial charge is 0.227 e. The molecule has 8 rings (SSSR count). The number of aromatic nitrogens is 1. The molecule has 0 unspecified atom stereocenters. The largest absolute Gasteiger partial charge is 0.435 e. The number of hydrogen-bond donors (Lipinski definition) is 0. The van der Waals surface area contributed by atoms with Crippen molar-refractivity contribution in [2.24, 2.45) is 0 Å². The van der Waals surface area contributed by atoms with E-state index in [1.54, 1.807) is 0 Å². The van der Waals surface area contributed by atoms with Gasteiger partial charge in [0.1, 0.15) is 5.52 Å². The quantitative estimate of drug-likeness (QED) is 0.227. The maximum Gasteiger partial charge on any atom is 0.227 e. The minimum atomic E-state index is -0.0106. The van der Waals surface area contributed by atoms with Gasteiger partial charge in [-0.15, -0.1) is 0 Å². The van der Waals surface area contributed by atoms with Crippen LogP contribution in [0.25, 0.3) is 66.4 Å². The zero-order valence-corrected chi connectivity index (χ0v) is 21.3. The second kappa shape index (κ2) is 7.66. The molecule has 0 fully saturated rings. The molecule has 0 N–H and O–H groups in total. The van der Waals surface area contributed by atoms with Crippen LogP contribution in [0.1, 0.15) is 25.0 Å². The average molecular weight is 488 g/mol. The Kier molecular flexibility index (Phi) is 4.31. The molecule has 6 aromatic carbocycles. The van der Waals surface area contributed by atoms with Crippen LogP contribution >= 0.6 is 0 Å². The standard InChI is InChI=1S/C36H25NO/c1-36(2)30-11-7-6-10-28(30)29-18-15-25(21-31(29)36)24-14-17-27-26(20-24)13-12-22-16-19-32-34(33(22)27)38-35(37-32)23-8-4-3-5-9-23/h3-21H,1-2H3. The molecule has 38 heavy (non-hydrogen) atoms. The molecule has 0 saturated heterocycles. The van der Waals surface area contributed by atoms with Gasteiger partial charge in [-0.25, -0.2) is 4.98 Å². The van der Waals surface area contributed by atoms with Crippen LogP contribution in [-0.2, 0) is 5.41 Å². The van der Waals surface area contributed by atoms with Gasteiger partial charge in [-0.1, -0.05) is 98.8 Å². The van der Waals surface area contributed by atoms with E-state index in [1.165, 1.54) is 44.2 Å². The lowest BCUT2D eigenvalue weighted by Crippen LogP contribution is -2.14. The van der Waals surface area contributed by atoms with Gasteiger partial charge < -0.3 is 4.42 Å². The fourth-order valence-corrected chi connectivity index (χ4v) is 6.30. The minimum Gasteiger partial charge on any atom is -0.435 e. The highest BCUT2D eigenvalue weighted by atomic mass is 16.3. The Morgan fingerprint density at radius 1 is 0.579 bits per heavy atom. The van der Waals surface area contributed by atoms with Crippen molar-refractivity contribution in [3.63, 3.8) is 0 Å². The average Bonchev–Trinajstić information content (AvgIpc) is 3.50. The second-order valence-electron chi connectivity index (χ2n) is 10.8. The summed E-state index contributed by atoms with van der Waals surface area (Å²) in [7, 11) is 0. The van der Waals surface area contributed by atoms with Crippen molar-refractivity contribution < 1.29 is 4.42 Å². The van der Waals surface area contributed by atoms with Crippen LogP contribution in [0.4, 0.5) is 0 Å². The molecule has 0 radical (unpaired) electrons. The van der Waals surface area contributed by atoms with Crippen LogP contribution in [0.2, 0.25) is 0 Å². The Labute approximate surface area is 221 Å². The van der Waals surface area contributed by atoms with E-state index in [1.807, 2.05) is 30.3 Å². The van der Waals surface area contributed by atoms with E-state index >= 15 is 0 Å². The van der Waals surface area contributed by atoms with Gasteiger partial charge in [0.15, 0.2) is 5.58 Å². The summed E-state index contributed by atoms with van der Waals surface area (Å²) in [6.45, 7) is 4.67. The SMILES string of the molecule is CC1(C)c2ccccc2-c2ccc(-c3ccc4c(ccc5ccc6nc(-c7ccccc7)oc6c54)c3)cc21. The predicted octanol–water partition coefficient (Wildman–Crippen LogP) is 9.77. The molecular formula is C36H25NO. The molecule has 1 aliphatic carbocycles. The summed E-state index contributed by atoms with van der Waals surface area (Å²) in [6.07, 6.45) is 0. The Hall–Kier alpha value is -4.69. The number of rotatable bonds is 2. The molecule has 0 atom stereocenters. The highest BCUT2D eigenvalue weighted by Crippen LogP contribution is 2.49. The monoisotopic (exact) mass is 487 g/mol. The van der Waals surface area contributed by atoms with Gasteiger partial charge in [0.05, 0.1) is 0 Å². The van der Waals surface area contributed by atoms with Gasteiger partial charge in [-0.3, -0.25) is 0 Å². The van der Waals surface area contributed by atoms with Gasteiger partial charge >= 0.3 is 0 Å². The third-order valence-electron chi connectivity index (χ3n) is 8.29. The first-order valence-electron chi connectivity index (χ1n) is 13.1. The zero-order chi connectivity index (χ0) is 25.4. The Morgan fingerprint density at radius 3 is 2.18 bits per heavy atom. The van der Waals surface area contributed by atoms with Crippen molar-refractivity contribution in [2.75, 3.05) is 0 Å². The van der Waals surface area contributed by atoms with E-state index in [-0.39, 0.29) is 5.41 Å². The van der Waals surface area contributed by atoms with Gasteiger partial charge in [0.25, 0.3) is 0 Å². The molecule has 0 bridgehead atoms. The van der Waals surface area contributed by atoms with E-state index in [0.717, 1.165) is 27.4 Å². The zero-order valence-electron chi connectivity index (χ0n) is 21.3. The fraction of sp³-hybridized carbons (Fsp3) is 0.0833. The second-order valence-corrected chi connectivity index (χ2v) is 10.8. The molecule has 2 heteroatoms. The number of benzene rings is 6. The third kappa shape index (κ3) is 2.98. The summed E-state index contributed by atoms with van der Waals surface area (Å²) in [5.41, 5.74) is 10.7. The lowest BCUT2D eigenvalue weighted by Gasteiger charge is -2.22. The Balaban J connectivity index is 1.29. The minimum absolute atomic E-state index is 0.0106. The van der Waals surface area contributed by atoms with E-state index in [9.17, 15) is 0 Å². The summed E-state index contributed by atoms with van der Waals surface area (Å²) in [6, 6.07) is 41.2. The topological polar surface area (TPSA) is 26.0 Å². The fourth-order valence-electron chi connectivity index (χ4n) is 6.30. The first-order chi connectivity index (χ1) is 18.6. The number of oxazole rings is 1. The van der Waals surface area contributed by atoms with Crippen molar-refractivity contribution in [2.45, 2.75) is 19.3 Å². The molecule has 0 aliphatic heterocycles. The molecule has 7 aromatic rings. The Morgan fingerprint density at radius 2 is 1.29 bits per heavy atom. The molecular weight excluding hydrogens is 462 g/mol. The van der Waals surface area contributed by atoms with Crippen LogP contribution in [0.3, 0.4) is 0 Å². The predicted molar refractivity (Wildman–Crippen MR) is 157 cm³/mol. The first-order valence-corrected chi connectivity index (χ1v) is 13.1. The van der Waals surface area contributed by atoms with Crippen molar-refractivity contribution in [3.05, 3.63) is 126 Å². The molecule has 2 nitrogen and oxygen atoms in total. The summed E-state index contributed by atoms with van der Waals surface area (Å²) < 4.78 is 6.38. The molecule has 180 valence electrons. The molecule has 0 spiro atoms. The van der Waals surface area contributed by atoms with E-state index in [0.29, 0.717) is 5.89 Å². The van der Waals surface area contributed by atoms with Crippen molar-refractivity contribution in [1.29, 1.82) is 0 Å². The van der Waals surface area contributed by atoms with Crippen LogP contribution < -0.4 is 0 Å². The van der Waals surface area contributed by atoms with E-state index in [2.05, 4.69) is 98.8 Å². The number of hydrogen-bond acceptors (Lipinski definition) is 2. The summed E-state index contributed by atoms with van der Waals surface area (Å²) >= 11 is 0. The number of fused-ring (bicyclic) bond motifs is 8. The summed E-state index contributed by atoms with van der Waals surface area (Å²) in [5.74, 6) is 0.656. The normalized spacial score (nSPS) is 13.7. The van der Waals surface area contributed by atoms with E-state index < -0.39 is 0 Å². The van der Waals surface area contributed by atoms with Gasteiger partial charge in [0.2, 0.25) is 5.89 Å². The van der Waals surface area contributed by atoms with Gasteiger partial charge in [-0.05, 0) is 79.9 Å². The third-order valence-corrected chi connectivity index (χ3v) is 8.29. The van der Waals surface area contributed by atoms with Crippen LogP contribution in [0, 0.1) is 0 Å². The first kappa shape index (κ1) is 21.4. The highest BCUT2D eigenvalue weighted by molar-refractivity contribution is 6.18. The van der Waals surface area contributed by atoms with Crippen LogP contribution in [0.15, 0.2) is 120 Å². The molecule has 1 aromatic heterocycles. The van der Waals surface area contributed by atoms with Crippen LogP contribution in [-0.4, -0.2) is 4.98 Å². The Bertz CT molecular complexity index is 2050. The maximum absolute atomic E-state index is 6.38. The van der Waals surface area contributed by atoms with Crippen LogP contribution in [0.5, 0.6) is 0 Å². The van der Waals surface area contributed by atoms with Gasteiger partial charge in [-0.2, -0.15) is 0 Å². The van der Waals surface area contributed by atoms with Gasteiger partial charge in [0, 0.05) is 16.4 Å².